The maximum atomic E-state index is 10.9. The average Bonchev–Trinajstić information content (AvgIpc) is 2.82. The molecule has 2 aromatic rings. The Morgan fingerprint density at radius 1 is 1.40 bits per heavy atom. The first-order valence-corrected chi connectivity index (χ1v) is 6.15. The van der Waals surface area contributed by atoms with Gasteiger partial charge in [0.25, 0.3) is 5.69 Å². The van der Waals surface area contributed by atoms with Gasteiger partial charge in [-0.3, -0.25) is 10.1 Å². The molecule has 98 valence electrons. The van der Waals surface area contributed by atoms with Crippen molar-refractivity contribution in [1.29, 1.82) is 10.5 Å². The van der Waals surface area contributed by atoms with Crippen molar-refractivity contribution in [3.63, 3.8) is 0 Å². The van der Waals surface area contributed by atoms with Crippen molar-refractivity contribution in [2.24, 2.45) is 0 Å². The van der Waals surface area contributed by atoms with E-state index >= 15 is 0 Å². The Hall–Kier alpha value is -2.71. The van der Waals surface area contributed by atoms with E-state index in [1.165, 1.54) is 17.0 Å². The Bertz CT molecular complexity index is 769. The molecule has 0 unspecified atom stereocenters. The highest BCUT2D eigenvalue weighted by Crippen LogP contribution is 2.29. The van der Waals surface area contributed by atoms with E-state index in [9.17, 15) is 10.1 Å². The van der Waals surface area contributed by atoms with E-state index in [2.05, 4.69) is 20.9 Å². The van der Waals surface area contributed by atoms with Crippen LogP contribution in [0.4, 0.5) is 5.69 Å². The number of nitro benzene ring substituents is 1. The van der Waals surface area contributed by atoms with Gasteiger partial charge in [0, 0.05) is 6.07 Å². The van der Waals surface area contributed by atoms with E-state index in [4.69, 9.17) is 10.5 Å². The van der Waals surface area contributed by atoms with Gasteiger partial charge in [0.1, 0.15) is 16.6 Å². The predicted molar refractivity (Wildman–Crippen MR) is 71.6 cm³/mol. The van der Waals surface area contributed by atoms with Crippen LogP contribution in [0.1, 0.15) is 17.0 Å². The molecule has 1 aromatic heterocycles. The fourth-order valence-electron chi connectivity index (χ4n) is 1.71. The van der Waals surface area contributed by atoms with Gasteiger partial charge in [0.15, 0.2) is 11.4 Å². The molecule has 0 aliphatic heterocycles. The van der Waals surface area contributed by atoms with Crippen LogP contribution >= 0.6 is 15.9 Å². The summed E-state index contributed by atoms with van der Waals surface area (Å²) in [5, 5.41) is 28.7. The topological polar surface area (TPSA) is 109 Å². The number of imidazole rings is 1. The van der Waals surface area contributed by atoms with E-state index in [-0.39, 0.29) is 23.6 Å². The number of nitro groups is 1. The lowest BCUT2D eigenvalue weighted by molar-refractivity contribution is -0.385. The van der Waals surface area contributed by atoms with Crippen LogP contribution < -0.4 is 0 Å². The number of hydrogen-bond donors (Lipinski definition) is 0. The Kier molecular flexibility index (Phi) is 3.78. The standard InChI is InChI=1S/C12H6BrN5O2/c13-12-8(2-1-3-10(12)18(19)20)6-17-7-16-9(4-14)11(17)5-15/h1-3,7H,6H2. The molecular formula is C12H6BrN5O2. The molecule has 7 nitrogen and oxygen atoms in total. The van der Waals surface area contributed by atoms with Gasteiger partial charge in [-0.05, 0) is 21.5 Å². The normalized spacial score (nSPS) is 9.75. The second-order valence-electron chi connectivity index (χ2n) is 3.80. The van der Waals surface area contributed by atoms with E-state index in [1.54, 1.807) is 12.1 Å². The number of nitrogens with zero attached hydrogens (tertiary/aromatic N) is 5. The van der Waals surface area contributed by atoms with Crippen molar-refractivity contribution in [1.82, 2.24) is 9.55 Å². The molecule has 0 fully saturated rings. The Labute approximate surface area is 122 Å². The molecule has 0 bridgehead atoms. The molecule has 0 spiro atoms. The Morgan fingerprint density at radius 2 is 2.15 bits per heavy atom. The summed E-state index contributed by atoms with van der Waals surface area (Å²) < 4.78 is 1.82. The molecule has 0 aliphatic rings. The number of aromatic nitrogens is 2. The highest BCUT2D eigenvalue weighted by Gasteiger charge is 2.17. The predicted octanol–water partition coefficient (Wildman–Crippen LogP) is 2.35. The van der Waals surface area contributed by atoms with Gasteiger partial charge in [-0.2, -0.15) is 10.5 Å². The van der Waals surface area contributed by atoms with Gasteiger partial charge in [-0.1, -0.05) is 12.1 Å². The molecule has 1 heterocycles. The van der Waals surface area contributed by atoms with Crippen molar-refractivity contribution >= 4 is 21.6 Å². The van der Waals surface area contributed by atoms with Crippen LogP contribution in [0.3, 0.4) is 0 Å². The SMILES string of the molecule is N#Cc1ncn(Cc2cccc([N+](=O)[O-])c2Br)c1C#N. The molecule has 20 heavy (non-hydrogen) atoms. The first-order valence-electron chi connectivity index (χ1n) is 5.35. The largest absolute Gasteiger partial charge is 0.317 e. The van der Waals surface area contributed by atoms with E-state index in [0.717, 1.165) is 0 Å². The van der Waals surface area contributed by atoms with Gasteiger partial charge < -0.3 is 4.57 Å². The third-order valence-electron chi connectivity index (χ3n) is 2.65. The fraction of sp³-hybridized carbons (Fsp3) is 0.0833. The monoisotopic (exact) mass is 331 g/mol. The first-order chi connectivity index (χ1) is 9.58. The highest BCUT2D eigenvalue weighted by atomic mass is 79.9. The van der Waals surface area contributed by atoms with Gasteiger partial charge in [-0.25, -0.2) is 4.98 Å². The summed E-state index contributed by atoms with van der Waals surface area (Å²) in [6.45, 7) is 0.208. The Morgan fingerprint density at radius 3 is 2.75 bits per heavy atom. The van der Waals surface area contributed by atoms with Gasteiger partial charge in [-0.15, -0.1) is 0 Å². The Balaban J connectivity index is 2.44. The van der Waals surface area contributed by atoms with Crippen LogP contribution in [0.15, 0.2) is 29.0 Å². The molecule has 8 heteroatoms. The van der Waals surface area contributed by atoms with Gasteiger partial charge in [0.05, 0.1) is 17.8 Å². The van der Waals surface area contributed by atoms with Crippen LogP contribution in [0, 0.1) is 32.8 Å². The van der Waals surface area contributed by atoms with Crippen LogP contribution in [0.2, 0.25) is 0 Å². The molecule has 0 radical (unpaired) electrons. The molecule has 0 amide bonds. The summed E-state index contributed by atoms with van der Waals surface area (Å²) in [6, 6.07) is 8.37. The number of nitriles is 2. The van der Waals surface area contributed by atoms with Crippen LogP contribution in [-0.2, 0) is 6.54 Å². The van der Waals surface area contributed by atoms with E-state index in [1.807, 2.05) is 12.1 Å². The van der Waals surface area contributed by atoms with Gasteiger partial charge >= 0.3 is 0 Å². The summed E-state index contributed by atoms with van der Waals surface area (Å²) in [5.41, 5.74) is 0.735. The zero-order valence-electron chi connectivity index (χ0n) is 9.95. The summed E-state index contributed by atoms with van der Waals surface area (Å²) >= 11 is 3.19. The second kappa shape index (κ2) is 5.51. The average molecular weight is 332 g/mol. The minimum atomic E-state index is -0.493. The van der Waals surface area contributed by atoms with Crippen molar-refractivity contribution in [2.45, 2.75) is 6.54 Å². The van der Waals surface area contributed by atoms with Gasteiger partial charge in [0.2, 0.25) is 0 Å². The van der Waals surface area contributed by atoms with Crippen LogP contribution in [0.5, 0.6) is 0 Å². The minimum absolute atomic E-state index is 0.0362. The van der Waals surface area contributed by atoms with Crippen molar-refractivity contribution in [2.75, 3.05) is 0 Å². The van der Waals surface area contributed by atoms with Crippen molar-refractivity contribution in [3.05, 3.63) is 56.1 Å². The zero-order chi connectivity index (χ0) is 14.7. The summed E-state index contributed by atoms with van der Waals surface area (Å²) in [6.07, 6.45) is 1.36. The number of halogens is 1. The number of benzene rings is 1. The van der Waals surface area contributed by atoms with Crippen molar-refractivity contribution < 1.29 is 4.92 Å². The van der Waals surface area contributed by atoms with Crippen LogP contribution in [0.25, 0.3) is 0 Å². The number of hydrogen-bond acceptors (Lipinski definition) is 5. The van der Waals surface area contributed by atoms with E-state index < -0.39 is 4.92 Å². The molecule has 0 saturated heterocycles. The smallest absolute Gasteiger partial charge is 0.283 e. The van der Waals surface area contributed by atoms with Crippen molar-refractivity contribution in [3.8, 4) is 12.1 Å². The maximum Gasteiger partial charge on any atom is 0.283 e. The lowest BCUT2D eigenvalue weighted by Crippen LogP contribution is -2.03. The summed E-state index contributed by atoms with van der Waals surface area (Å²) in [7, 11) is 0. The fourth-order valence-corrected chi connectivity index (χ4v) is 2.25. The molecule has 2 rings (SSSR count). The second-order valence-corrected chi connectivity index (χ2v) is 4.59. The quantitative estimate of drug-likeness (QED) is 0.633. The lowest BCUT2D eigenvalue weighted by Gasteiger charge is -2.06. The summed E-state index contributed by atoms with van der Waals surface area (Å²) in [4.78, 5) is 14.2. The zero-order valence-corrected chi connectivity index (χ0v) is 11.5. The third-order valence-corrected chi connectivity index (χ3v) is 3.56. The maximum absolute atomic E-state index is 10.9. The first kappa shape index (κ1) is 13.7. The highest BCUT2D eigenvalue weighted by molar-refractivity contribution is 9.10. The lowest BCUT2D eigenvalue weighted by atomic mass is 10.2. The molecule has 0 atom stereocenters. The molecule has 0 N–H and O–H groups in total. The molecule has 0 aliphatic carbocycles. The van der Waals surface area contributed by atoms with Crippen LogP contribution in [-0.4, -0.2) is 14.5 Å². The minimum Gasteiger partial charge on any atom is -0.317 e. The molecule has 0 saturated carbocycles. The molecule has 1 aromatic carbocycles. The van der Waals surface area contributed by atoms with E-state index in [0.29, 0.717) is 10.0 Å². The third kappa shape index (κ3) is 2.37. The summed E-state index contributed by atoms with van der Waals surface area (Å²) in [5.74, 6) is 0. The molecular weight excluding hydrogens is 326 g/mol. The number of rotatable bonds is 3.